The Kier molecular flexibility index (Phi) is 30.4. The van der Waals surface area contributed by atoms with Crippen molar-refractivity contribution in [2.24, 2.45) is 0 Å². The van der Waals surface area contributed by atoms with E-state index < -0.39 is 57.7 Å². The molecule has 1 aromatic carbocycles. The fraction of sp³-hybridized carbons (Fsp3) is 0. The van der Waals surface area contributed by atoms with Crippen LogP contribution in [0.3, 0.4) is 0 Å². The predicted octanol–water partition coefficient (Wildman–Crippen LogP) is -21.5. The largest absolute Gasteiger partial charge is 1.00 e. The van der Waals surface area contributed by atoms with Gasteiger partial charge in [-0.15, -0.1) is 0 Å². The molecule has 0 saturated carbocycles. The molecule has 0 aliphatic heterocycles. The second-order valence-electron chi connectivity index (χ2n) is 3.53. The van der Waals surface area contributed by atoms with E-state index in [1.807, 2.05) is 0 Å². The number of hydrogen-bond donors (Lipinski definition) is 0. The standard InChI is InChI=1S/C11H6O10.5K/c12-7(13)2-1-3(8(14)15)5(10(18)19)6(11(20)21)4(2)9(16)17;;;;;/h1H,(H,12,13)(H,14,15)(H,16,17)(H,18,19)(H,20,21);;;;;/q;5*+1/p-5. The van der Waals surface area contributed by atoms with Gasteiger partial charge in [0.25, 0.3) is 0 Å². The molecule has 0 aromatic heterocycles. The summed E-state index contributed by atoms with van der Waals surface area (Å²) in [6, 6.07) is 0.0629. The summed E-state index contributed by atoms with van der Waals surface area (Å²) in [6.07, 6.45) is 0. The van der Waals surface area contributed by atoms with Gasteiger partial charge in [-0.1, -0.05) is 0 Å². The molecule has 0 N–H and O–H groups in total. The van der Waals surface area contributed by atoms with Crippen molar-refractivity contribution < 1.29 is 306 Å². The van der Waals surface area contributed by atoms with Crippen LogP contribution in [-0.2, 0) is 0 Å². The van der Waals surface area contributed by atoms with Crippen molar-refractivity contribution >= 4 is 29.8 Å². The molecule has 0 amide bonds. The van der Waals surface area contributed by atoms with Gasteiger partial charge in [-0.25, -0.2) is 0 Å². The van der Waals surface area contributed by atoms with Crippen molar-refractivity contribution in [3.05, 3.63) is 33.9 Å². The molecule has 0 unspecified atom stereocenters. The van der Waals surface area contributed by atoms with E-state index in [-0.39, 0.29) is 263 Å². The monoisotopic (exact) mass is 488 g/mol. The van der Waals surface area contributed by atoms with Crippen LogP contribution >= 0.6 is 0 Å². The van der Waals surface area contributed by atoms with Gasteiger partial charge in [-0.05, 0) is 6.07 Å². The van der Waals surface area contributed by atoms with E-state index >= 15 is 0 Å². The first-order valence-electron chi connectivity index (χ1n) is 4.87. The third-order valence-corrected chi connectivity index (χ3v) is 2.38. The number of carboxylic acids is 5. The number of aromatic carboxylic acids is 5. The van der Waals surface area contributed by atoms with Crippen molar-refractivity contribution in [1.29, 1.82) is 0 Å². The Balaban J connectivity index is -0.000000294. The van der Waals surface area contributed by atoms with Crippen LogP contribution < -0.4 is 282 Å². The smallest absolute Gasteiger partial charge is 0.545 e. The minimum Gasteiger partial charge on any atom is -0.545 e. The molecule has 110 valence electrons. The van der Waals surface area contributed by atoms with Gasteiger partial charge in [0.05, 0.1) is 29.8 Å². The second-order valence-corrected chi connectivity index (χ2v) is 3.53. The van der Waals surface area contributed by atoms with Crippen molar-refractivity contribution in [3.63, 3.8) is 0 Å². The molecule has 26 heavy (non-hydrogen) atoms. The SMILES string of the molecule is O=C([O-])c1cc(C(=O)[O-])c(C(=O)[O-])c(C(=O)[O-])c1C(=O)[O-].[K+].[K+].[K+].[K+].[K+]. The Morgan fingerprint density at radius 3 is 0.846 bits per heavy atom. The van der Waals surface area contributed by atoms with Gasteiger partial charge >= 0.3 is 257 Å². The van der Waals surface area contributed by atoms with Gasteiger partial charge in [0, 0.05) is 27.8 Å². The third kappa shape index (κ3) is 11.1. The zero-order valence-corrected chi connectivity index (χ0v) is 30.3. The molecule has 0 saturated heterocycles. The number of carbonyl (C=O) groups excluding carboxylic acids is 5. The molecule has 10 nitrogen and oxygen atoms in total. The summed E-state index contributed by atoms with van der Waals surface area (Å²) in [7, 11) is 0. The van der Waals surface area contributed by atoms with Gasteiger partial charge < -0.3 is 49.5 Å². The Morgan fingerprint density at radius 2 is 0.692 bits per heavy atom. The first kappa shape index (κ1) is 41.0. The van der Waals surface area contributed by atoms with Gasteiger partial charge in [-0.3, -0.25) is 0 Å². The molecule has 1 rings (SSSR count). The minimum absolute atomic E-state index is 0. The number of benzene rings is 1. The van der Waals surface area contributed by atoms with Crippen LogP contribution in [0, 0.1) is 0 Å². The Morgan fingerprint density at radius 1 is 0.462 bits per heavy atom. The summed E-state index contributed by atoms with van der Waals surface area (Å²) in [5.74, 6) is -11.8. The summed E-state index contributed by atoms with van der Waals surface area (Å²) in [5.41, 5.74) is -7.79. The molecule has 0 radical (unpaired) electrons. The molecule has 0 atom stereocenters. The molecular weight excluding hydrogens is 488 g/mol. The van der Waals surface area contributed by atoms with Crippen LogP contribution in [0.25, 0.3) is 0 Å². The summed E-state index contributed by atoms with van der Waals surface area (Å²) in [4.78, 5) is 54.1. The molecule has 0 spiro atoms. The van der Waals surface area contributed by atoms with Crippen molar-refractivity contribution in [2.75, 3.05) is 0 Å². The van der Waals surface area contributed by atoms with Crippen LogP contribution in [-0.4, -0.2) is 29.8 Å². The maximum Gasteiger partial charge on any atom is 1.00 e. The maximum atomic E-state index is 10.9. The summed E-state index contributed by atoms with van der Waals surface area (Å²) in [5, 5.41) is 54.1. The van der Waals surface area contributed by atoms with Crippen molar-refractivity contribution in [1.82, 2.24) is 0 Å². The predicted molar refractivity (Wildman–Crippen MR) is 48.1 cm³/mol. The van der Waals surface area contributed by atoms with Crippen LogP contribution in [0.2, 0.25) is 0 Å². The number of carboxylic acid groups (broad SMARTS) is 5. The van der Waals surface area contributed by atoms with E-state index in [4.69, 9.17) is 0 Å². The Hall–Kier alpha value is 4.75. The van der Waals surface area contributed by atoms with Crippen LogP contribution in [0.4, 0.5) is 0 Å². The van der Waals surface area contributed by atoms with E-state index in [1.165, 1.54) is 0 Å². The topological polar surface area (TPSA) is 201 Å². The molecule has 0 fully saturated rings. The number of carbonyl (C=O) groups is 5. The molecule has 0 aliphatic rings. The van der Waals surface area contributed by atoms with E-state index in [0.29, 0.717) is 0 Å². The summed E-state index contributed by atoms with van der Waals surface area (Å²) >= 11 is 0. The average molecular weight is 489 g/mol. The fourth-order valence-corrected chi connectivity index (χ4v) is 1.63. The van der Waals surface area contributed by atoms with Gasteiger partial charge in [-0.2, -0.15) is 0 Å². The quantitative estimate of drug-likeness (QED) is 0.358. The zero-order chi connectivity index (χ0) is 16.5. The minimum atomic E-state index is -2.46. The van der Waals surface area contributed by atoms with Crippen LogP contribution in [0.1, 0.15) is 51.8 Å². The van der Waals surface area contributed by atoms with E-state index in [1.54, 1.807) is 0 Å². The molecular formula is C11HK5O10. The molecule has 0 heterocycles. The maximum absolute atomic E-state index is 10.9. The van der Waals surface area contributed by atoms with E-state index in [2.05, 4.69) is 0 Å². The van der Waals surface area contributed by atoms with Crippen LogP contribution in [0.5, 0.6) is 0 Å². The van der Waals surface area contributed by atoms with Gasteiger partial charge in [0.15, 0.2) is 0 Å². The number of rotatable bonds is 5. The van der Waals surface area contributed by atoms with E-state index in [0.717, 1.165) is 0 Å². The third-order valence-electron chi connectivity index (χ3n) is 2.38. The summed E-state index contributed by atoms with van der Waals surface area (Å²) < 4.78 is 0. The number of hydrogen-bond acceptors (Lipinski definition) is 10. The molecule has 15 heteroatoms. The van der Waals surface area contributed by atoms with Gasteiger partial charge in [0.2, 0.25) is 0 Å². The first-order valence-corrected chi connectivity index (χ1v) is 4.87. The Bertz CT molecular complexity index is 668. The zero-order valence-electron chi connectivity index (χ0n) is 14.7. The Labute approximate surface area is 359 Å². The first-order chi connectivity index (χ1) is 9.59. The van der Waals surface area contributed by atoms with E-state index in [9.17, 15) is 49.5 Å². The fourth-order valence-electron chi connectivity index (χ4n) is 1.63. The van der Waals surface area contributed by atoms with Gasteiger partial charge in [0.1, 0.15) is 0 Å². The normalized spacial score (nSPS) is 8.00. The van der Waals surface area contributed by atoms with Crippen LogP contribution in [0.15, 0.2) is 6.07 Å². The van der Waals surface area contributed by atoms with Crippen molar-refractivity contribution in [2.45, 2.75) is 0 Å². The second kappa shape index (κ2) is 19.2. The molecule has 1 aromatic rings. The average Bonchev–Trinajstić information content (AvgIpc) is 2.34. The molecule has 0 aliphatic carbocycles. The summed E-state index contributed by atoms with van der Waals surface area (Å²) in [6.45, 7) is 0. The van der Waals surface area contributed by atoms with Crippen molar-refractivity contribution in [3.8, 4) is 0 Å². The molecule has 0 bridgehead atoms.